The fraction of sp³-hybridized carbons (Fsp3) is 0. The van der Waals surface area contributed by atoms with Crippen molar-refractivity contribution in [1.29, 1.82) is 5.26 Å². The fourth-order valence-electron chi connectivity index (χ4n) is 1.27. The molecule has 0 saturated carbocycles. The van der Waals surface area contributed by atoms with Gasteiger partial charge in [-0.05, 0) is 23.7 Å². The summed E-state index contributed by atoms with van der Waals surface area (Å²) in [4.78, 5) is 10.00. The molecule has 16 heavy (non-hydrogen) atoms. The van der Waals surface area contributed by atoms with Crippen LogP contribution in [0, 0.1) is 21.4 Å². The highest BCUT2D eigenvalue weighted by Crippen LogP contribution is 2.25. The highest BCUT2D eigenvalue weighted by atomic mass is 32.1. The number of rotatable bonds is 2. The quantitative estimate of drug-likeness (QED) is 0.587. The number of benzene rings is 1. The molecule has 2 rings (SSSR count). The van der Waals surface area contributed by atoms with Crippen LogP contribution in [0.25, 0.3) is 11.3 Å². The van der Waals surface area contributed by atoms with Gasteiger partial charge in [0.15, 0.2) is 0 Å². The van der Waals surface area contributed by atoms with Gasteiger partial charge in [-0.3, -0.25) is 10.1 Å². The number of nitrogens with zero attached hydrogens (tertiary/aromatic N) is 3. The molecule has 0 bridgehead atoms. The van der Waals surface area contributed by atoms with Crippen LogP contribution in [0.3, 0.4) is 0 Å². The molecule has 0 aliphatic carbocycles. The lowest BCUT2D eigenvalue weighted by Gasteiger charge is -1.96. The lowest BCUT2D eigenvalue weighted by Crippen LogP contribution is -1.87. The zero-order chi connectivity index (χ0) is 11.5. The van der Waals surface area contributed by atoms with Gasteiger partial charge in [0, 0.05) is 23.1 Å². The minimum absolute atomic E-state index is 0.0255. The Balaban J connectivity index is 2.43. The van der Waals surface area contributed by atoms with Gasteiger partial charge in [0.1, 0.15) is 11.8 Å². The summed E-state index contributed by atoms with van der Waals surface area (Å²) in [6, 6.07) is 8.01. The second-order valence-corrected chi connectivity index (χ2v) is 3.62. The van der Waals surface area contributed by atoms with E-state index in [9.17, 15) is 10.1 Å². The molecule has 5 nitrogen and oxygen atoms in total. The molecule has 0 atom stereocenters. The molecule has 0 aliphatic rings. The molecule has 6 heteroatoms. The van der Waals surface area contributed by atoms with Crippen LogP contribution in [-0.4, -0.2) is 9.30 Å². The maximum atomic E-state index is 10.5. The topological polar surface area (TPSA) is 79.8 Å². The summed E-state index contributed by atoms with van der Waals surface area (Å²) in [5.41, 5.74) is 1.79. The van der Waals surface area contributed by atoms with E-state index in [1.165, 1.54) is 23.7 Å². The molecule has 78 valence electrons. The molecule has 0 saturated heterocycles. The first-order valence-electron chi connectivity index (χ1n) is 4.31. The van der Waals surface area contributed by atoms with Gasteiger partial charge in [-0.2, -0.15) is 9.64 Å². The van der Waals surface area contributed by atoms with Crippen molar-refractivity contribution >= 4 is 17.2 Å². The molecule has 1 heterocycles. The van der Waals surface area contributed by atoms with Crippen LogP contribution in [0.15, 0.2) is 29.6 Å². The second-order valence-electron chi connectivity index (χ2n) is 2.99. The van der Waals surface area contributed by atoms with E-state index < -0.39 is 4.92 Å². The maximum Gasteiger partial charge on any atom is 0.269 e. The fourth-order valence-corrected chi connectivity index (χ4v) is 1.90. The molecule has 1 aromatic heterocycles. The van der Waals surface area contributed by atoms with Gasteiger partial charge in [-0.25, -0.2) is 0 Å². The van der Waals surface area contributed by atoms with Crippen molar-refractivity contribution in [3.63, 3.8) is 0 Å². The summed E-state index contributed by atoms with van der Waals surface area (Å²) in [5, 5.41) is 20.9. The van der Waals surface area contributed by atoms with Gasteiger partial charge >= 0.3 is 0 Å². The summed E-state index contributed by atoms with van der Waals surface area (Å²) in [7, 11) is 0. The van der Waals surface area contributed by atoms with Crippen molar-refractivity contribution in [2.75, 3.05) is 0 Å². The second kappa shape index (κ2) is 4.08. The zero-order valence-corrected chi connectivity index (χ0v) is 8.77. The lowest BCUT2D eigenvalue weighted by molar-refractivity contribution is -0.384. The Morgan fingerprint density at radius 2 is 2.06 bits per heavy atom. The molecular formula is C10H5N3O2S. The Morgan fingerprint density at radius 3 is 2.62 bits per heavy atom. The van der Waals surface area contributed by atoms with E-state index in [0.717, 1.165) is 0 Å². The number of aromatic nitrogens is 1. The molecular weight excluding hydrogens is 226 g/mol. The van der Waals surface area contributed by atoms with Gasteiger partial charge in [0.2, 0.25) is 0 Å². The van der Waals surface area contributed by atoms with Gasteiger partial charge in [-0.15, -0.1) is 0 Å². The van der Waals surface area contributed by atoms with Crippen molar-refractivity contribution in [1.82, 2.24) is 4.37 Å². The summed E-state index contributed by atoms with van der Waals surface area (Å²) in [5.74, 6) is 0. The molecule has 2 aromatic rings. The summed E-state index contributed by atoms with van der Waals surface area (Å²) in [6.07, 6.45) is 0. The van der Waals surface area contributed by atoms with E-state index in [2.05, 4.69) is 4.37 Å². The Kier molecular flexibility index (Phi) is 2.62. The van der Waals surface area contributed by atoms with Gasteiger partial charge in [-0.1, -0.05) is 0 Å². The predicted molar refractivity (Wildman–Crippen MR) is 58.9 cm³/mol. The van der Waals surface area contributed by atoms with Crippen molar-refractivity contribution in [2.24, 2.45) is 0 Å². The third kappa shape index (κ3) is 1.76. The minimum atomic E-state index is -0.462. The summed E-state index contributed by atoms with van der Waals surface area (Å²) >= 11 is 1.19. The smallest absolute Gasteiger partial charge is 0.258 e. The van der Waals surface area contributed by atoms with Crippen LogP contribution < -0.4 is 0 Å². The third-order valence-electron chi connectivity index (χ3n) is 2.04. The number of hydrogen-bond donors (Lipinski definition) is 0. The molecule has 0 spiro atoms. The molecule has 1 aromatic carbocycles. The average Bonchev–Trinajstić information content (AvgIpc) is 2.77. The predicted octanol–water partition coefficient (Wildman–Crippen LogP) is 2.59. The van der Waals surface area contributed by atoms with Crippen molar-refractivity contribution in [2.45, 2.75) is 0 Å². The molecule has 0 radical (unpaired) electrons. The Hall–Kier alpha value is -2.26. The van der Waals surface area contributed by atoms with E-state index in [1.807, 2.05) is 6.07 Å². The van der Waals surface area contributed by atoms with E-state index in [4.69, 9.17) is 5.26 Å². The molecule has 0 unspecified atom stereocenters. The van der Waals surface area contributed by atoms with E-state index in [0.29, 0.717) is 16.8 Å². The SMILES string of the molecule is N#Cc1csnc1-c1ccc([N+](=O)[O-])cc1. The summed E-state index contributed by atoms with van der Waals surface area (Å²) in [6.45, 7) is 0. The average molecular weight is 231 g/mol. The van der Waals surface area contributed by atoms with E-state index >= 15 is 0 Å². The number of non-ortho nitro benzene ring substituents is 1. The van der Waals surface area contributed by atoms with Gasteiger partial charge in [0.05, 0.1) is 10.5 Å². The Bertz CT molecular complexity index is 568. The van der Waals surface area contributed by atoms with Crippen LogP contribution in [0.5, 0.6) is 0 Å². The first kappa shape index (κ1) is 10.3. The Morgan fingerprint density at radius 1 is 1.38 bits per heavy atom. The molecule has 0 amide bonds. The van der Waals surface area contributed by atoms with Crippen molar-refractivity contribution in [3.05, 3.63) is 45.3 Å². The monoisotopic (exact) mass is 231 g/mol. The number of nitro groups is 1. The molecule has 0 aliphatic heterocycles. The van der Waals surface area contributed by atoms with Crippen LogP contribution in [0.4, 0.5) is 5.69 Å². The first-order chi connectivity index (χ1) is 7.72. The number of hydrogen-bond acceptors (Lipinski definition) is 5. The standard InChI is InChI=1S/C10H5N3O2S/c11-5-8-6-16-12-10(8)7-1-3-9(4-2-7)13(14)15/h1-4,6H. The van der Waals surface area contributed by atoms with E-state index in [-0.39, 0.29) is 5.69 Å². The number of nitriles is 1. The zero-order valence-electron chi connectivity index (χ0n) is 7.95. The highest BCUT2D eigenvalue weighted by molar-refractivity contribution is 7.04. The normalized spacial score (nSPS) is 9.69. The molecule has 0 N–H and O–H groups in total. The van der Waals surface area contributed by atoms with E-state index in [1.54, 1.807) is 17.5 Å². The van der Waals surface area contributed by atoms with Gasteiger partial charge in [0.25, 0.3) is 5.69 Å². The summed E-state index contributed by atoms with van der Waals surface area (Å²) < 4.78 is 4.08. The molecule has 0 fully saturated rings. The van der Waals surface area contributed by atoms with Crippen LogP contribution in [0.1, 0.15) is 5.56 Å². The van der Waals surface area contributed by atoms with Crippen molar-refractivity contribution in [3.8, 4) is 17.3 Å². The lowest BCUT2D eigenvalue weighted by atomic mass is 10.1. The maximum absolute atomic E-state index is 10.5. The van der Waals surface area contributed by atoms with Crippen molar-refractivity contribution < 1.29 is 4.92 Å². The Labute approximate surface area is 94.9 Å². The minimum Gasteiger partial charge on any atom is -0.258 e. The van der Waals surface area contributed by atoms with Gasteiger partial charge < -0.3 is 0 Å². The van der Waals surface area contributed by atoms with Crippen LogP contribution in [0.2, 0.25) is 0 Å². The largest absolute Gasteiger partial charge is 0.269 e. The number of nitro benzene ring substituents is 1. The first-order valence-corrected chi connectivity index (χ1v) is 5.15. The highest BCUT2D eigenvalue weighted by Gasteiger charge is 2.10. The van der Waals surface area contributed by atoms with Crippen LogP contribution >= 0.6 is 11.5 Å². The third-order valence-corrected chi connectivity index (χ3v) is 2.67. The van der Waals surface area contributed by atoms with Crippen LogP contribution in [-0.2, 0) is 0 Å².